The van der Waals surface area contributed by atoms with E-state index in [9.17, 15) is 0 Å². The van der Waals surface area contributed by atoms with E-state index >= 15 is 0 Å². The van der Waals surface area contributed by atoms with Gasteiger partial charge in [-0.3, -0.25) is 0 Å². The Bertz CT molecular complexity index is 496. The van der Waals surface area contributed by atoms with Gasteiger partial charge < -0.3 is 9.15 Å². The summed E-state index contributed by atoms with van der Waals surface area (Å²) < 4.78 is 11.8. The number of aryl methyl sites for hydroxylation is 1. The molecule has 0 unspecified atom stereocenters. The van der Waals surface area contributed by atoms with E-state index in [0.717, 1.165) is 18.6 Å². The second-order valence-electron chi connectivity index (χ2n) is 4.89. The molecule has 1 heterocycles. The summed E-state index contributed by atoms with van der Waals surface area (Å²) in [5.41, 5.74) is 2.19. The van der Waals surface area contributed by atoms with Gasteiger partial charge >= 0.3 is 0 Å². The first-order chi connectivity index (χ1) is 9.22. The van der Waals surface area contributed by atoms with Crippen LogP contribution in [0.5, 0.6) is 0 Å². The van der Waals surface area contributed by atoms with Crippen LogP contribution in [0.15, 0.2) is 47.1 Å². The predicted molar refractivity (Wildman–Crippen MR) is 76.9 cm³/mol. The molecule has 0 fully saturated rings. The number of furan rings is 1. The molecule has 2 heteroatoms. The summed E-state index contributed by atoms with van der Waals surface area (Å²) in [5, 5.41) is 0. The van der Waals surface area contributed by atoms with Crippen molar-refractivity contribution in [1.82, 2.24) is 0 Å². The highest BCUT2D eigenvalue weighted by atomic mass is 16.5. The lowest BCUT2D eigenvalue weighted by atomic mass is 9.94. The minimum Gasteiger partial charge on any atom is -0.466 e. The summed E-state index contributed by atoms with van der Waals surface area (Å²) in [5.74, 6) is 0.922. The number of ether oxygens (including phenoxy) is 1. The smallest absolute Gasteiger partial charge is 0.135 e. The molecule has 2 nitrogen and oxygen atoms in total. The summed E-state index contributed by atoms with van der Waals surface area (Å²) in [4.78, 5) is 0. The summed E-state index contributed by atoms with van der Waals surface area (Å²) >= 11 is 0. The fourth-order valence-corrected chi connectivity index (χ4v) is 2.40. The van der Waals surface area contributed by atoms with Gasteiger partial charge in [-0.25, -0.2) is 0 Å². The molecule has 0 bridgehead atoms. The minimum absolute atomic E-state index is 0.314. The molecule has 0 amide bonds. The molecule has 2 aromatic rings. The first-order valence-corrected chi connectivity index (χ1v) is 6.94. The Hall–Kier alpha value is -1.54. The third-order valence-electron chi connectivity index (χ3n) is 3.88. The molecule has 0 atom stereocenters. The van der Waals surface area contributed by atoms with Crippen LogP contribution >= 0.6 is 0 Å². The molecule has 102 valence electrons. The SMILES string of the molecule is CCC(CC)(OCc1ccccc1C)c1ccco1. The average molecular weight is 258 g/mol. The molecular weight excluding hydrogens is 236 g/mol. The molecule has 2 rings (SSSR count). The van der Waals surface area contributed by atoms with Crippen LogP contribution in [0.4, 0.5) is 0 Å². The van der Waals surface area contributed by atoms with Crippen LogP contribution in [-0.2, 0) is 16.9 Å². The molecule has 0 aliphatic rings. The summed E-state index contributed by atoms with van der Waals surface area (Å²) in [6.45, 7) is 7.02. The van der Waals surface area contributed by atoms with Crippen molar-refractivity contribution in [1.29, 1.82) is 0 Å². The van der Waals surface area contributed by atoms with Crippen LogP contribution in [0, 0.1) is 6.92 Å². The molecule has 0 aliphatic heterocycles. The maximum absolute atomic E-state index is 6.25. The maximum Gasteiger partial charge on any atom is 0.135 e. The fourth-order valence-electron chi connectivity index (χ4n) is 2.40. The highest BCUT2D eigenvalue weighted by molar-refractivity contribution is 5.25. The highest BCUT2D eigenvalue weighted by Gasteiger charge is 2.32. The van der Waals surface area contributed by atoms with Crippen LogP contribution in [0.25, 0.3) is 0 Å². The third kappa shape index (κ3) is 2.90. The Balaban J connectivity index is 2.17. The third-order valence-corrected chi connectivity index (χ3v) is 3.88. The Morgan fingerprint density at radius 2 is 1.79 bits per heavy atom. The number of benzene rings is 1. The number of hydrogen-bond acceptors (Lipinski definition) is 2. The molecule has 0 saturated heterocycles. The molecule has 19 heavy (non-hydrogen) atoms. The van der Waals surface area contributed by atoms with Crippen LogP contribution in [0.2, 0.25) is 0 Å². The van der Waals surface area contributed by atoms with Gasteiger partial charge in [-0.2, -0.15) is 0 Å². The molecule has 1 aromatic heterocycles. The normalized spacial score (nSPS) is 11.7. The molecule has 0 N–H and O–H groups in total. The monoisotopic (exact) mass is 258 g/mol. The molecular formula is C17H22O2. The second kappa shape index (κ2) is 6.07. The standard InChI is InChI=1S/C17H22O2/c1-4-17(5-2,16-11-8-12-18-16)19-13-15-10-7-6-9-14(15)3/h6-12H,4-5,13H2,1-3H3. The van der Waals surface area contributed by atoms with E-state index in [-0.39, 0.29) is 5.60 Å². The zero-order chi connectivity index (χ0) is 13.7. The van der Waals surface area contributed by atoms with Gasteiger partial charge in [0.1, 0.15) is 11.4 Å². The summed E-state index contributed by atoms with van der Waals surface area (Å²) in [7, 11) is 0. The summed E-state index contributed by atoms with van der Waals surface area (Å²) in [6, 6.07) is 12.3. The van der Waals surface area contributed by atoms with Gasteiger partial charge in [0.2, 0.25) is 0 Å². The van der Waals surface area contributed by atoms with Crippen molar-refractivity contribution in [2.45, 2.75) is 45.8 Å². The van der Waals surface area contributed by atoms with Gasteiger partial charge in [-0.15, -0.1) is 0 Å². The van der Waals surface area contributed by atoms with Crippen molar-refractivity contribution in [3.63, 3.8) is 0 Å². The Morgan fingerprint density at radius 3 is 2.37 bits per heavy atom. The van der Waals surface area contributed by atoms with E-state index in [0.29, 0.717) is 6.61 Å². The first kappa shape index (κ1) is 13.9. The lowest BCUT2D eigenvalue weighted by Crippen LogP contribution is -2.27. The van der Waals surface area contributed by atoms with Gasteiger partial charge in [-0.05, 0) is 43.0 Å². The van der Waals surface area contributed by atoms with Crippen LogP contribution in [0.3, 0.4) is 0 Å². The van der Waals surface area contributed by atoms with Gasteiger partial charge in [0.15, 0.2) is 0 Å². The Morgan fingerprint density at radius 1 is 1.05 bits per heavy atom. The van der Waals surface area contributed by atoms with E-state index in [1.54, 1.807) is 6.26 Å². The average Bonchev–Trinajstić information content (AvgIpc) is 2.97. The van der Waals surface area contributed by atoms with Crippen molar-refractivity contribution in [2.75, 3.05) is 0 Å². The summed E-state index contributed by atoms with van der Waals surface area (Å²) in [6.07, 6.45) is 3.53. The zero-order valence-corrected chi connectivity index (χ0v) is 12.0. The molecule has 0 saturated carbocycles. The van der Waals surface area contributed by atoms with Crippen LogP contribution < -0.4 is 0 Å². The van der Waals surface area contributed by atoms with E-state index < -0.39 is 0 Å². The molecule has 1 aromatic carbocycles. The first-order valence-electron chi connectivity index (χ1n) is 6.94. The van der Waals surface area contributed by atoms with Gasteiger partial charge in [0.25, 0.3) is 0 Å². The Kier molecular flexibility index (Phi) is 4.43. The predicted octanol–water partition coefficient (Wildman–Crippen LogP) is 4.82. The molecule has 0 radical (unpaired) electrons. The van der Waals surface area contributed by atoms with Crippen molar-refractivity contribution in [2.24, 2.45) is 0 Å². The van der Waals surface area contributed by atoms with Crippen molar-refractivity contribution >= 4 is 0 Å². The quantitative estimate of drug-likeness (QED) is 0.741. The van der Waals surface area contributed by atoms with E-state index in [2.05, 4.69) is 45.0 Å². The molecule has 0 spiro atoms. The van der Waals surface area contributed by atoms with Gasteiger partial charge in [0, 0.05) is 0 Å². The maximum atomic E-state index is 6.25. The fraction of sp³-hybridized carbons (Fsp3) is 0.412. The van der Waals surface area contributed by atoms with E-state index in [1.807, 2.05) is 12.1 Å². The van der Waals surface area contributed by atoms with Crippen molar-refractivity contribution < 1.29 is 9.15 Å². The topological polar surface area (TPSA) is 22.4 Å². The largest absolute Gasteiger partial charge is 0.466 e. The van der Waals surface area contributed by atoms with Gasteiger partial charge in [-0.1, -0.05) is 38.1 Å². The van der Waals surface area contributed by atoms with Crippen molar-refractivity contribution in [3.8, 4) is 0 Å². The van der Waals surface area contributed by atoms with E-state index in [1.165, 1.54) is 11.1 Å². The van der Waals surface area contributed by atoms with E-state index in [4.69, 9.17) is 9.15 Å². The zero-order valence-electron chi connectivity index (χ0n) is 12.0. The van der Waals surface area contributed by atoms with Crippen molar-refractivity contribution in [3.05, 3.63) is 59.5 Å². The number of hydrogen-bond donors (Lipinski definition) is 0. The lowest BCUT2D eigenvalue weighted by Gasteiger charge is -2.30. The highest BCUT2D eigenvalue weighted by Crippen LogP contribution is 2.34. The minimum atomic E-state index is -0.314. The van der Waals surface area contributed by atoms with Crippen LogP contribution in [0.1, 0.15) is 43.6 Å². The lowest BCUT2D eigenvalue weighted by molar-refractivity contribution is -0.0819. The second-order valence-corrected chi connectivity index (χ2v) is 4.89. The van der Waals surface area contributed by atoms with Crippen LogP contribution in [-0.4, -0.2) is 0 Å². The molecule has 0 aliphatic carbocycles. The number of rotatable bonds is 6. The Labute approximate surface area is 115 Å². The van der Waals surface area contributed by atoms with Gasteiger partial charge in [0.05, 0.1) is 12.9 Å².